The average molecular weight is 218 g/mol. The van der Waals surface area contributed by atoms with Gasteiger partial charge in [-0.05, 0) is 19.8 Å². The topological polar surface area (TPSA) is 43.2 Å². The Morgan fingerprint density at radius 3 is 2.38 bits per heavy atom. The van der Waals surface area contributed by atoms with E-state index >= 15 is 0 Å². The van der Waals surface area contributed by atoms with Crippen LogP contribution in [0.5, 0.6) is 0 Å². The quantitative estimate of drug-likeness (QED) is 0.453. The maximum Gasteiger partial charge on any atom is 1.00 e. The molecule has 1 aliphatic rings. The molecule has 0 N–H and O–H groups in total. The van der Waals surface area contributed by atoms with Crippen molar-refractivity contribution in [3.63, 3.8) is 0 Å². The van der Waals surface area contributed by atoms with E-state index in [-0.39, 0.29) is 24.9 Å². The number of hydrogen-bond acceptors (Lipinski definition) is 4. The van der Waals surface area contributed by atoms with Crippen molar-refractivity contribution < 1.29 is 28.3 Å². The molecule has 86 valence electrons. The van der Waals surface area contributed by atoms with Crippen LogP contribution >= 0.6 is 0 Å². The van der Waals surface area contributed by atoms with Crippen LogP contribution in [-0.4, -0.2) is 31.1 Å². The Hall–Kier alpha value is -0.593. The number of aliphatic imine (C=N–C) groups is 2. The second-order valence-electron chi connectivity index (χ2n) is 3.62. The molecule has 16 heavy (non-hydrogen) atoms. The van der Waals surface area contributed by atoms with E-state index in [2.05, 4.69) is 23.8 Å². The van der Waals surface area contributed by atoms with Crippen molar-refractivity contribution in [3.8, 4) is 0 Å². The molecule has 0 bridgehead atoms. The first-order valence-electron chi connectivity index (χ1n) is 5.43. The van der Waals surface area contributed by atoms with E-state index in [0.29, 0.717) is 30.9 Å². The molecule has 4 nitrogen and oxygen atoms in total. The fourth-order valence-corrected chi connectivity index (χ4v) is 1.35. The first-order valence-corrected chi connectivity index (χ1v) is 5.43. The average Bonchev–Trinajstić information content (AvgIpc) is 2.21. The summed E-state index contributed by atoms with van der Waals surface area (Å²) in [4.78, 5) is 8.69. The Labute approximate surface area is 110 Å². The summed E-state index contributed by atoms with van der Waals surface area (Å²) in [6.07, 6.45) is 0. The normalized spacial score (nSPS) is 19.2. The van der Waals surface area contributed by atoms with Crippen LogP contribution in [0.1, 0.15) is 27.7 Å². The van der Waals surface area contributed by atoms with Gasteiger partial charge in [0.2, 0.25) is 0 Å². The van der Waals surface area contributed by atoms with Crippen molar-refractivity contribution in [1.82, 2.24) is 0 Å². The molecule has 0 aromatic rings. The smallest absolute Gasteiger partial charge is 0.564 e. The van der Waals surface area contributed by atoms with Gasteiger partial charge < -0.3 is 14.5 Å². The number of rotatable bonds is 3. The molecule has 1 heterocycles. The first-order chi connectivity index (χ1) is 7.19. The maximum atomic E-state index is 5.44. The molecule has 0 aromatic carbocycles. The van der Waals surface area contributed by atoms with Gasteiger partial charge in [-0.2, -0.15) is 0 Å². The summed E-state index contributed by atoms with van der Waals surface area (Å²) in [5, 5.41) is 0. The van der Waals surface area contributed by atoms with E-state index in [9.17, 15) is 0 Å². The Balaban J connectivity index is 0.00000225. The zero-order valence-electron chi connectivity index (χ0n) is 10.9. The maximum absolute atomic E-state index is 5.44. The molecule has 0 radical (unpaired) electrons. The zero-order chi connectivity index (χ0) is 11.3. The third-order valence-electron chi connectivity index (χ3n) is 2.04. The molecule has 0 aromatic heterocycles. The second-order valence-corrected chi connectivity index (χ2v) is 3.62. The van der Waals surface area contributed by atoms with E-state index in [4.69, 9.17) is 9.47 Å². The van der Waals surface area contributed by atoms with Gasteiger partial charge in [-0.3, -0.25) is 4.99 Å². The molecule has 1 aliphatic heterocycles. The number of nitrogens with zero attached hydrogens (tertiary/aromatic N) is 2. The summed E-state index contributed by atoms with van der Waals surface area (Å²) in [5.74, 6) is 1.65. The standard InChI is InChI=1S/C11H19N2O2.Li/c1-5-14-9-7-12-11(15-6-2)10(13-9)8(3)4;/h7-8,10H,5-6H2,1-4H3;/q-1;+1. The second kappa shape index (κ2) is 7.64. The molecule has 5 heteroatoms. The van der Waals surface area contributed by atoms with Crippen LogP contribution in [-0.2, 0) is 9.47 Å². The number of ether oxygens (including phenoxy) is 2. The van der Waals surface area contributed by atoms with Crippen LogP contribution in [0.4, 0.5) is 0 Å². The van der Waals surface area contributed by atoms with Crippen LogP contribution in [0.2, 0.25) is 0 Å². The van der Waals surface area contributed by atoms with Gasteiger partial charge >= 0.3 is 18.9 Å². The Morgan fingerprint density at radius 1 is 1.25 bits per heavy atom. The minimum absolute atomic E-state index is 0. The van der Waals surface area contributed by atoms with Crippen LogP contribution in [0.3, 0.4) is 0 Å². The van der Waals surface area contributed by atoms with E-state index < -0.39 is 0 Å². The van der Waals surface area contributed by atoms with Gasteiger partial charge in [0, 0.05) is 0 Å². The number of hydrogen-bond donors (Lipinski definition) is 0. The summed E-state index contributed by atoms with van der Waals surface area (Å²) in [7, 11) is 0. The van der Waals surface area contributed by atoms with Gasteiger partial charge in [-0.15, -0.1) is 0 Å². The van der Waals surface area contributed by atoms with Crippen LogP contribution in [0.15, 0.2) is 9.98 Å². The molecule has 1 unspecified atom stereocenters. The predicted octanol–water partition coefficient (Wildman–Crippen LogP) is -0.940. The Morgan fingerprint density at radius 2 is 1.88 bits per heavy atom. The summed E-state index contributed by atoms with van der Waals surface area (Å²) in [6, 6.07) is -0.0171. The van der Waals surface area contributed by atoms with E-state index in [0.717, 1.165) is 0 Å². The van der Waals surface area contributed by atoms with Gasteiger partial charge in [0.25, 0.3) is 0 Å². The molecule has 0 amide bonds. The van der Waals surface area contributed by atoms with E-state index in [1.54, 1.807) is 6.54 Å². The fraction of sp³-hybridized carbons (Fsp3) is 0.727. The molecule has 0 saturated heterocycles. The van der Waals surface area contributed by atoms with Gasteiger partial charge in [0.05, 0.1) is 25.2 Å². The van der Waals surface area contributed by atoms with Gasteiger partial charge in [0.1, 0.15) is 5.90 Å². The molecular formula is C11H19LiN2O2. The summed E-state index contributed by atoms with van der Waals surface area (Å²) in [5.41, 5.74) is 0. The van der Waals surface area contributed by atoms with E-state index in [1.165, 1.54) is 0 Å². The molecule has 0 fully saturated rings. The van der Waals surface area contributed by atoms with E-state index in [1.807, 2.05) is 13.8 Å². The monoisotopic (exact) mass is 218 g/mol. The third kappa shape index (κ3) is 4.11. The summed E-state index contributed by atoms with van der Waals surface area (Å²) in [6.45, 7) is 10.9. The van der Waals surface area contributed by atoms with Crippen molar-refractivity contribution in [2.24, 2.45) is 15.9 Å². The van der Waals surface area contributed by atoms with Crippen molar-refractivity contribution in [3.05, 3.63) is 6.54 Å². The largest absolute Gasteiger partial charge is 1.00 e. The van der Waals surface area contributed by atoms with Gasteiger partial charge in [0.15, 0.2) is 0 Å². The molecule has 1 rings (SSSR count). The van der Waals surface area contributed by atoms with Gasteiger partial charge in [-0.1, -0.05) is 20.4 Å². The van der Waals surface area contributed by atoms with Crippen molar-refractivity contribution >= 4 is 11.8 Å². The SMILES string of the molecule is CCOC1=NC(C(C)C)C(OCC)=N[CH-]1.[Li+]. The molecule has 0 aliphatic carbocycles. The minimum Gasteiger partial charge on any atom is -0.564 e. The van der Waals surface area contributed by atoms with Crippen molar-refractivity contribution in [2.45, 2.75) is 33.7 Å². The first kappa shape index (κ1) is 15.4. The van der Waals surface area contributed by atoms with Crippen LogP contribution in [0.25, 0.3) is 0 Å². The summed E-state index contributed by atoms with van der Waals surface area (Å²) >= 11 is 0. The third-order valence-corrected chi connectivity index (χ3v) is 2.04. The molecule has 0 spiro atoms. The van der Waals surface area contributed by atoms with Crippen molar-refractivity contribution in [2.75, 3.05) is 13.2 Å². The Kier molecular flexibility index (Phi) is 7.36. The molecular weight excluding hydrogens is 199 g/mol. The van der Waals surface area contributed by atoms with Crippen LogP contribution < -0.4 is 18.9 Å². The molecule has 0 saturated carbocycles. The minimum atomic E-state index is -0.0171. The zero-order valence-corrected chi connectivity index (χ0v) is 10.9. The Bertz CT molecular complexity index is 265. The fourth-order valence-electron chi connectivity index (χ4n) is 1.35. The molecule has 1 atom stereocenters. The summed E-state index contributed by atoms with van der Waals surface area (Å²) < 4.78 is 10.8. The van der Waals surface area contributed by atoms with Gasteiger partial charge in [-0.25, -0.2) is 0 Å². The van der Waals surface area contributed by atoms with Crippen molar-refractivity contribution in [1.29, 1.82) is 0 Å². The predicted molar refractivity (Wildman–Crippen MR) is 61.0 cm³/mol. The van der Waals surface area contributed by atoms with Crippen LogP contribution in [0, 0.1) is 12.5 Å².